The summed E-state index contributed by atoms with van der Waals surface area (Å²) < 4.78 is 6.85. The van der Waals surface area contributed by atoms with Crippen molar-refractivity contribution < 1.29 is 14.3 Å². The Balaban J connectivity index is 1.20. The fraction of sp³-hybridized carbons (Fsp3) is 0.353. The Morgan fingerprint density at radius 1 is 1.00 bits per heavy atom. The van der Waals surface area contributed by atoms with Crippen LogP contribution in [0.2, 0.25) is 0 Å². The number of ether oxygens (including phenoxy) is 1. The Kier molecular flexibility index (Phi) is 6.46. The van der Waals surface area contributed by atoms with Crippen molar-refractivity contribution in [1.82, 2.24) is 14.9 Å². The van der Waals surface area contributed by atoms with Crippen molar-refractivity contribution in [2.45, 2.75) is 50.1 Å². The molecule has 0 spiro atoms. The van der Waals surface area contributed by atoms with E-state index >= 15 is 0 Å². The molecule has 0 radical (unpaired) electrons. The maximum Gasteiger partial charge on any atom is 0.355 e. The van der Waals surface area contributed by atoms with Gasteiger partial charge in [0.1, 0.15) is 11.3 Å². The van der Waals surface area contributed by atoms with Crippen LogP contribution in [0, 0.1) is 17.8 Å². The maximum atomic E-state index is 13.8. The summed E-state index contributed by atoms with van der Waals surface area (Å²) >= 11 is 0. The molecule has 4 bridgehead atoms. The summed E-state index contributed by atoms with van der Waals surface area (Å²) in [7, 11) is 1.30. The van der Waals surface area contributed by atoms with Gasteiger partial charge in [-0.15, -0.1) is 0 Å². The van der Waals surface area contributed by atoms with Crippen LogP contribution in [-0.2, 0) is 11.2 Å². The summed E-state index contributed by atoms with van der Waals surface area (Å²) in [5.74, 6) is 0.908. The van der Waals surface area contributed by atoms with Crippen LogP contribution < -0.4 is 16.5 Å². The van der Waals surface area contributed by atoms with Gasteiger partial charge < -0.3 is 15.8 Å². The zero-order valence-electron chi connectivity index (χ0n) is 23.6. The fourth-order valence-electron chi connectivity index (χ4n) is 8.10. The normalized spacial score (nSPS) is 25.9. The van der Waals surface area contributed by atoms with E-state index in [4.69, 9.17) is 10.5 Å². The molecule has 2 heterocycles. The number of amides is 1. The van der Waals surface area contributed by atoms with E-state index in [2.05, 4.69) is 10.3 Å². The molecule has 2 aromatic carbocycles. The number of nitrogens with two attached hydrogens (primary N) is 1. The second-order valence-corrected chi connectivity index (χ2v) is 12.4. The van der Waals surface area contributed by atoms with E-state index in [1.54, 1.807) is 35.0 Å². The molecule has 4 fully saturated rings. The number of aromatic nitrogens is 2. The first kappa shape index (κ1) is 26.6. The number of pyridine rings is 2. The molecule has 0 unspecified atom stereocenters. The van der Waals surface area contributed by atoms with Gasteiger partial charge in [0.2, 0.25) is 0 Å². The first-order valence-electron chi connectivity index (χ1n) is 14.7. The van der Waals surface area contributed by atoms with Gasteiger partial charge in [0.25, 0.3) is 5.91 Å². The summed E-state index contributed by atoms with van der Waals surface area (Å²) in [6.45, 7) is 0. The Morgan fingerprint density at radius 2 is 1.71 bits per heavy atom. The van der Waals surface area contributed by atoms with E-state index < -0.39 is 5.97 Å². The number of methoxy groups -OCH3 is 1. The number of nitrogens with zero attached hydrogens (tertiary/aromatic N) is 2. The molecule has 42 heavy (non-hydrogen) atoms. The summed E-state index contributed by atoms with van der Waals surface area (Å²) in [5, 5.41) is 3.75. The van der Waals surface area contributed by atoms with Crippen LogP contribution in [0.3, 0.4) is 0 Å². The van der Waals surface area contributed by atoms with Gasteiger partial charge >= 0.3 is 5.97 Å². The van der Waals surface area contributed by atoms with E-state index in [9.17, 15) is 14.4 Å². The molecule has 4 aliphatic rings. The molecule has 2 aromatic heterocycles. The molecule has 5 atom stereocenters. The Labute approximate surface area is 243 Å². The third kappa shape index (κ3) is 4.50. The lowest BCUT2D eigenvalue weighted by Gasteiger charge is -2.58. The number of carbonyl (C=O) groups excluding carboxylic acids is 2. The number of nitrogens with one attached hydrogen (secondary N) is 1. The van der Waals surface area contributed by atoms with Crippen molar-refractivity contribution in [2.75, 3.05) is 7.11 Å². The quantitative estimate of drug-likeness (QED) is 0.337. The number of hydrogen-bond donors (Lipinski definition) is 2. The third-order valence-corrected chi connectivity index (χ3v) is 9.64. The SMILES string of the molecule is COC(=O)c1c(Cc2ccc(C(=O)N[C@H]3[C@@H]4C[C@@H]5C[C@H]3C[C@@](N)(C5)C4)cc2)c(=O)c2cccnc2n1-c1ccccc1. The molecule has 4 aliphatic carbocycles. The second-order valence-electron chi connectivity index (χ2n) is 12.4. The standard InChI is InChI=1S/C34H34N4O4/c1-42-33(41)29-27(30(39)26-8-5-13-36-31(26)38(29)25-6-3-2-4-7-25)16-20-9-11-22(12-10-20)32(40)37-28-23-14-21-15-24(28)19-34(35,17-21)18-23/h2-13,21,23-24,28H,14-19,35H2,1H3,(H,37,40)/t21-,23-,24+,28+,34-. The lowest BCUT2D eigenvalue weighted by Crippen LogP contribution is -2.64. The van der Waals surface area contributed by atoms with Crippen molar-refractivity contribution in [3.05, 3.63) is 106 Å². The predicted octanol–water partition coefficient (Wildman–Crippen LogP) is 4.40. The molecule has 8 rings (SSSR count). The summed E-state index contributed by atoms with van der Waals surface area (Å²) in [6.07, 6.45) is 7.22. The molecule has 8 nitrogen and oxygen atoms in total. The lowest BCUT2D eigenvalue weighted by molar-refractivity contribution is -0.0278. The lowest BCUT2D eigenvalue weighted by atomic mass is 9.51. The van der Waals surface area contributed by atoms with Gasteiger partial charge in [-0.25, -0.2) is 9.78 Å². The van der Waals surface area contributed by atoms with Gasteiger partial charge in [-0.2, -0.15) is 0 Å². The van der Waals surface area contributed by atoms with Gasteiger partial charge in [-0.3, -0.25) is 14.2 Å². The molecule has 1 amide bonds. The molecule has 4 saturated carbocycles. The van der Waals surface area contributed by atoms with Crippen LogP contribution >= 0.6 is 0 Å². The van der Waals surface area contributed by atoms with Gasteiger partial charge in [-0.05, 0) is 91.8 Å². The van der Waals surface area contributed by atoms with Gasteiger partial charge in [-0.1, -0.05) is 30.3 Å². The van der Waals surface area contributed by atoms with Crippen LogP contribution in [0.15, 0.2) is 77.7 Å². The van der Waals surface area contributed by atoms with E-state index in [0.717, 1.165) is 37.7 Å². The predicted molar refractivity (Wildman–Crippen MR) is 160 cm³/mol. The van der Waals surface area contributed by atoms with E-state index in [1.165, 1.54) is 7.11 Å². The van der Waals surface area contributed by atoms with Crippen LogP contribution in [-0.4, -0.2) is 40.1 Å². The number of hydrogen-bond acceptors (Lipinski definition) is 6. The van der Waals surface area contributed by atoms with E-state index in [0.29, 0.717) is 45.6 Å². The highest BCUT2D eigenvalue weighted by Gasteiger charge is 2.54. The zero-order valence-corrected chi connectivity index (χ0v) is 23.6. The monoisotopic (exact) mass is 562 g/mol. The van der Waals surface area contributed by atoms with Crippen LogP contribution in [0.1, 0.15) is 64.1 Å². The highest BCUT2D eigenvalue weighted by atomic mass is 16.5. The smallest absolute Gasteiger partial charge is 0.355 e. The van der Waals surface area contributed by atoms with Gasteiger partial charge in [0.05, 0.1) is 12.5 Å². The first-order chi connectivity index (χ1) is 20.3. The average Bonchev–Trinajstić information content (AvgIpc) is 2.99. The minimum Gasteiger partial charge on any atom is -0.464 e. The Morgan fingerprint density at radius 3 is 2.38 bits per heavy atom. The molecule has 214 valence electrons. The molecule has 0 aliphatic heterocycles. The minimum atomic E-state index is -0.621. The van der Waals surface area contributed by atoms with E-state index in [1.807, 2.05) is 42.5 Å². The highest BCUT2D eigenvalue weighted by Crippen LogP contribution is 2.54. The third-order valence-electron chi connectivity index (χ3n) is 9.64. The summed E-state index contributed by atoms with van der Waals surface area (Å²) in [4.78, 5) is 44.7. The van der Waals surface area contributed by atoms with Crippen molar-refractivity contribution in [2.24, 2.45) is 23.5 Å². The van der Waals surface area contributed by atoms with Crippen molar-refractivity contribution in [1.29, 1.82) is 0 Å². The molecule has 0 saturated heterocycles. The number of esters is 1. The fourth-order valence-corrected chi connectivity index (χ4v) is 8.10. The van der Waals surface area contributed by atoms with Crippen molar-refractivity contribution in [3.8, 4) is 5.69 Å². The highest BCUT2D eigenvalue weighted by molar-refractivity contribution is 5.95. The molecule has 4 aromatic rings. The minimum absolute atomic E-state index is 0.0413. The number of benzene rings is 2. The number of carbonyl (C=O) groups is 2. The van der Waals surface area contributed by atoms with Gasteiger partial charge in [0.15, 0.2) is 5.43 Å². The Hall–Kier alpha value is -4.30. The average molecular weight is 563 g/mol. The van der Waals surface area contributed by atoms with Gasteiger partial charge in [0, 0.05) is 41.0 Å². The largest absolute Gasteiger partial charge is 0.464 e. The number of rotatable bonds is 6. The topological polar surface area (TPSA) is 116 Å². The van der Waals surface area contributed by atoms with Crippen LogP contribution in [0.5, 0.6) is 0 Å². The number of fused-ring (bicyclic) bond motifs is 1. The van der Waals surface area contributed by atoms with Crippen LogP contribution in [0.4, 0.5) is 0 Å². The summed E-state index contributed by atoms with van der Waals surface area (Å²) in [6, 6.07) is 20.2. The van der Waals surface area contributed by atoms with E-state index in [-0.39, 0.29) is 35.0 Å². The molecular formula is C34H34N4O4. The van der Waals surface area contributed by atoms with Crippen molar-refractivity contribution in [3.63, 3.8) is 0 Å². The first-order valence-corrected chi connectivity index (χ1v) is 14.7. The molecular weight excluding hydrogens is 528 g/mol. The zero-order chi connectivity index (χ0) is 29.0. The second kappa shape index (κ2) is 10.2. The molecule has 3 N–H and O–H groups in total. The summed E-state index contributed by atoms with van der Waals surface area (Å²) in [5.41, 5.74) is 9.26. The molecule has 8 heteroatoms. The number of para-hydroxylation sites is 1. The Bertz CT molecular complexity index is 1730. The van der Waals surface area contributed by atoms with Crippen LogP contribution in [0.25, 0.3) is 16.7 Å². The van der Waals surface area contributed by atoms with Crippen molar-refractivity contribution >= 4 is 22.9 Å². The maximum absolute atomic E-state index is 13.8.